The smallest absolute Gasteiger partial charge is 0.330 e. The Labute approximate surface area is 87.7 Å². The molecule has 0 aliphatic rings. The van der Waals surface area contributed by atoms with Crippen molar-refractivity contribution >= 4 is 5.97 Å². The average Bonchev–Trinajstić information content (AvgIpc) is 2.20. The van der Waals surface area contributed by atoms with Gasteiger partial charge in [0.2, 0.25) is 0 Å². The minimum absolute atomic E-state index is 0.330. The van der Waals surface area contributed by atoms with Gasteiger partial charge in [-0.15, -0.1) is 0 Å². The van der Waals surface area contributed by atoms with Crippen LogP contribution in [0.15, 0.2) is 24.8 Å². The largest absolute Gasteiger partial charge is 0.463 e. The fourth-order valence-electron chi connectivity index (χ4n) is 0.612. The molecule has 0 amide bonds. The van der Waals surface area contributed by atoms with Crippen molar-refractivity contribution in [1.82, 2.24) is 0 Å². The predicted molar refractivity (Wildman–Crippen MR) is 61.2 cm³/mol. The molecule has 0 aliphatic carbocycles. The van der Waals surface area contributed by atoms with Crippen LogP contribution in [0.5, 0.6) is 0 Å². The third kappa shape index (κ3) is 17.2. The molecule has 0 bridgehead atoms. The molecular weight excluding hydrogens is 176 g/mol. The highest BCUT2D eigenvalue weighted by Crippen LogP contribution is 1.88. The van der Waals surface area contributed by atoms with E-state index in [1.807, 2.05) is 13.8 Å². The Hall–Kier alpha value is -1.05. The Bertz CT molecular complexity index is 160. The standard InChI is InChI=1S/C7H12O2.C5H10/c1-3-5-6-9-7(8)4-2;1-3-5-4-2/h4H,2-3,5-6H2,1H3;3,5H,4H2,1-2H3. The highest BCUT2D eigenvalue weighted by molar-refractivity contribution is 5.81. The van der Waals surface area contributed by atoms with Gasteiger partial charge in [-0.05, 0) is 19.8 Å². The SMILES string of the molecule is C=CC(=O)OCCCC.CC=CCC. The maximum atomic E-state index is 10.3. The molecular formula is C12H22O2. The lowest BCUT2D eigenvalue weighted by Gasteiger charge is -1.97. The fraction of sp³-hybridized carbons (Fsp3) is 0.583. The summed E-state index contributed by atoms with van der Waals surface area (Å²) in [5.41, 5.74) is 0. The van der Waals surface area contributed by atoms with Crippen LogP contribution in [-0.2, 0) is 9.53 Å². The summed E-state index contributed by atoms with van der Waals surface area (Å²) in [6, 6.07) is 0. The molecule has 0 aromatic heterocycles. The summed E-state index contributed by atoms with van der Waals surface area (Å²) >= 11 is 0. The molecule has 0 fully saturated rings. The second-order valence-corrected chi connectivity index (χ2v) is 2.70. The molecule has 0 aromatic carbocycles. The average molecular weight is 198 g/mol. The normalized spacial score (nSPS) is 9.07. The van der Waals surface area contributed by atoms with Crippen molar-refractivity contribution < 1.29 is 9.53 Å². The van der Waals surface area contributed by atoms with E-state index in [-0.39, 0.29) is 5.97 Å². The van der Waals surface area contributed by atoms with Gasteiger partial charge in [-0.1, -0.05) is 39.0 Å². The van der Waals surface area contributed by atoms with Crippen LogP contribution in [0.2, 0.25) is 0 Å². The summed E-state index contributed by atoms with van der Waals surface area (Å²) in [5, 5.41) is 0. The second-order valence-electron chi connectivity index (χ2n) is 2.70. The van der Waals surface area contributed by atoms with Crippen LogP contribution in [0.3, 0.4) is 0 Å². The van der Waals surface area contributed by atoms with Gasteiger partial charge in [0.25, 0.3) is 0 Å². The Morgan fingerprint density at radius 1 is 1.43 bits per heavy atom. The van der Waals surface area contributed by atoms with Crippen LogP contribution in [-0.4, -0.2) is 12.6 Å². The maximum Gasteiger partial charge on any atom is 0.330 e. The van der Waals surface area contributed by atoms with Gasteiger partial charge in [0.1, 0.15) is 0 Å². The van der Waals surface area contributed by atoms with Crippen molar-refractivity contribution in [3.63, 3.8) is 0 Å². The number of carbonyl (C=O) groups excluding carboxylic acids is 1. The fourth-order valence-corrected chi connectivity index (χ4v) is 0.612. The monoisotopic (exact) mass is 198 g/mol. The first kappa shape index (κ1) is 15.4. The summed E-state index contributed by atoms with van der Waals surface area (Å²) in [6.07, 6.45) is 8.50. The Balaban J connectivity index is 0. The molecule has 0 aromatic rings. The van der Waals surface area contributed by atoms with E-state index in [0.717, 1.165) is 19.3 Å². The number of allylic oxidation sites excluding steroid dienone is 2. The molecule has 0 N–H and O–H groups in total. The van der Waals surface area contributed by atoms with Gasteiger partial charge in [-0.25, -0.2) is 4.79 Å². The molecule has 2 heteroatoms. The predicted octanol–water partition coefficient (Wildman–Crippen LogP) is 3.49. The number of hydrogen-bond donors (Lipinski definition) is 0. The van der Waals surface area contributed by atoms with E-state index in [9.17, 15) is 4.79 Å². The van der Waals surface area contributed by atoms with Crippen LogP contribution in [0.25, 0.3) is 0 Å². The van der Waals surface area contributed by atoms with Crippen molar-refractivity contribution in [2.75, 3.05) is 6.61 Å². The van der Waals surface area contributed by atoms with Crippen molar-refractivity contribution in [2.45, 2.75) is 40.0 Å². The van der Waals surface area contributed by atoms with E-state index in [4.69, 9.17) is 0 Å². The zero-order valence-electron chi connectivity index (χ0n) is 9.58. The minimum atomic E-state index is -0.330. The van der Waals surface area contributed by atoms with Gasteiger partial charge >= 0.3 is 5.97 Å². The van der Waals surface area contributed by atoms with Crippen LogP contribution in [0, 0.1) is 0 Å². The molecule has 0 saturated heterocycles. The zero-order chi connectivity index (χ0) is 11.2. The van der Waals surface area contributed by atoms with Crippen LogP contribution >= 0.6 is 0 Å². The zero-order valence-corrected chi connectivity index (χ0v) is 9.58. The topological polar surface area (TPSA) is 26.3 Å². The quantitative estimate of drug-likeness (QED) is 0.292. The molecule has 0 atom stereocenters. The first-order valence-corrected chi connectivity index (χ1v) is 5.13. The lowest BCUT2D eigenvalue weighted by Crippen LogP contribution is -2.00. The van der Waals surface area contributed by atoms with E-state index in [1.165, 1.54) is 6.08 Å². The van der Waals surface area contributed by atoms with E-state index in [1.54, 1.807) is 0 Å². The first-order valence-electron chi connectivity index (χ1n) is 5.13. The molecule has 0 spiro atoms. The second kappa shape index (κ2) is 14.5. The number of ether oxygens (including phenoxy) is 1. The van der Waals surface area contributed by atoms with Gasteiger partial charge in [0.05, 0.1) is 6.61 Å². The molecule has 0 aliphatic heterocycles. The minimum Gasteiger partial charge on any atom is -0.463 e. The van der Waals surface area contributed by atoms with Gasteiger partial charge in [0, 0.05) is 6.08 Å². The van der Waals surface area contributed by atoms with E-state index in [0.29, 0.717) is 6.61 Å². The summed E-state index contributed by atoms with van der Waals surface area (Å²) in [5.74, 6) is -0.330. The van der Waals surface area contributed by atoms with E-state index < -0.39 is 0 Å². The summed E-state index contributed by atoms with van der Waals surface area (Å²) < 4.78 is 4.67. The molecule has 0 rings (SSSR count). The Morgan fingerprint density at radius 2 is 2.07 bits per heavy atom. The molecule has 14 heavy (non-hydrogen) atoms. The van der Waals surface area contributed by atoms with Crippen LogP contribution in [0.1, 0.15) is 40.0 Å². The first-order chi connectivity index (χ1) is 6.72. The summed E-state index contributed by atoms with van der Waals surface area (Å²) in [7, 11) is 0. The number of esters is 1. The third-order valence-electron chi connectivity index (χ3n) is 1.38. The summed E-state index contributed by atoms with van der Waals surface area (Å²) in [6.45, 7) is 9.98. The Kier molecular flexibility index (Phi) is 15.9. The van der Waals surface area contributed by atoms with Crippen molar-refractivity contribution in [1.29, 1.82) is 0 Å². The molecule has 0 radical (unpaired) electrons. The van der Waals surface area contributed by atoms with Gasteiger partial charge in [-0.3, -0.25) is 0 Å². The summed E-state index contributed by atoms with van der Waals surface area (Å²) in [4.78, 5) is 10.3. The highest BCUT2D eigenvalue weighted by Gasteiger charge is 1.91. The van der Waals surface area contributed by atoms with Crippen molar-refractivity contribution in [3.8, 4) is 0 Å². The number of rotatable bonds is 5. The number of carbonyl (C=O) groups is 1. The molecule has 0 unspecified atom stereocenters. The van der Waals surface area contributed by atoms with Gasteiger partial charge < -0.3 is 4.74 Å². The lowest BCUT2D eigenvalue weighted by molar-refractivity contribution is -0.137. The third-order valence-corrected chi connectivity index (χ3v) is 1.38. The van der Waals surface area contributed by atoms with Gasteiger partial charge in [-0.2, -0.15) is 0 Å². The lowest BCUT2D eigenvalue weighted by atomic mass is 10.4. The maximum absolute atomic E-state index is 10.3. The van der Waals surface area contributed by atoms with Crippen LogP contribution in [0.4, 0.5) is 0 Å². The van der Waals surface area contributed by atoms with E-state index in [2.05, 4.69) is 30.4 Å². The number of unbranched alkanes of at least 4 members (excludes halogenated alkanes) is 1. The molecule has 0 saturated carbocycles. The molecule has 0 heterocycles. The van der Waals surface area contributed by atoms with Crippen molar-refractivity contribution in [3.05, 3.63) is 24.8 Å². The Morgan fingerprint density at radius 3 is 2.36 bits per heavy atom. The van der Waals surface area contributed by atoms with Crippen molar-refractivity contribution in [2.24, 2.45) is 0 Å². The van der Waals surface area contributed by atoms with Crippen LogP contribution < -0.4 is 0 Å². The van der Waals surface area contributed by atoms with Gasteiger partial charge in [0.15, 0.2) is 0 Å². The number of hydrogen-bond acceptors (Lipinski definition) is 2. The van der Waals surface area contributed by atoms with E-state index >= 15 is 0 Å². The molecule has 2 nitrogen and oxygen atoms in total. The highest BCUT2D eigenvalue weighted by atomic mass is 16.5. The molecule has 82 valence electrons.